The summed E-state index contributed by atoms with van der Waals surface area (Å²) in [5, 5.41) is 3.75. The molecule has 29 heavy (non-hydrogen) atoms. The fraction of sp³-hybridized carbons (Fsp3) is 0.364. The van der Waals surface area contributed by atoms with Crippen LogP contribution in [-0.4, -0.2) is 35.9 Å². The SMILES string of the molecule is CCCCNC(=O)[C@H](C)N(Cc1c(Cl)cccc1Cl)C(=O)COc1ccccc1. The molecule has 1 atom stereocenters. The lowest BCUT2D eigenvalue weighted by Gasteiger charge is -2.29. The molecule has 2 amide bonds. The molecule has 0 aliphatic carbocycles. The van der Waals surface area contributed by atoms with E-state index in [-0.39, 0.29) is 25.0 Å². The molecule has 0 fully saturated rings. The van der Waals surface area contributed by atoms with E-state index in [9.17, 15) is 9.59 Å². The van der Waals surface area contributed by atoms with Gasteiger partial charge in [0, 0.05) is 28.7 Å². The van der Waals surface area contributed by atoms with Crippen LogP contribution in [0, 0.1) is 0 Å². The average molecular weight is 437 g/mol. The van der Waals surface area contributed by atoms with Gasteiger partial charge in [-0.1, -0.05) is 60.8 Å². The third-order valence-electron chi connectivity index (χ3n) is 4.49. The van der Waals surface area contributed by atoms with E-state index in [1.807, 2.05) is 25.1 Å². The minimum absolute atomic E-state index is 0.109. The summed E-state index contributed by atoms with van der Waals surface area (Å²) >= 11 is 12.6. The topological polar surface area (TPSA) is 58.6 Å². The van der Waals surface area contributed by atoms with Gasteiger partial charge in [0.15, 0.2) is 6.61 Å². The van der Waals surface area contributed by atoms with Crippen molar-refractivity contribution < 1.29 is 14.3 Å². The number of carbonyl (C=O) groups is 2. The van der Waals surface area contributed by atoms with Crippen LogP contribution in [0.4, 0.5) is 0 Å². The number of amides is 2. The summed E-state index contributed by atoms with van der Waals surface area (Å²) in [5.41, 5.74) is 0.595. The van der Waals surface area contributed by atoms with Crippen molar-refractivity contribution in [3.63, 3.8) is 0 Å². The smallest absolute Gasteiger partial charge is 0.261 e. The second-order valence-electron chi connectivity index (χ2n) is 6.64. The Hall–Kier alpha value is -2.24. The molecule has 2 aromatic rings. The molecule has 1 N–H and O–H groups in total. The Morgan fingerprint density at radius 3 is 2.34 bits per heavy atom. The number of nitrogens with zero attached hydrogens (tertiary/aromatic N) is 1. The Morgan fingerprint density at radius 2 is 1.72 bits per heavy atom. The van der Waals surface area contributed by atoms with Crippen molar-refractivity contribution >= 4 is 35.0 Å². The molecule has 2 aromatic carbocycles. The van der Waals surface area contributed by atoms with Crippen LogP contribution in [0.2, 0.25) is 10.0 Å². The van der Waals surface area contributed by atoms with Gasteiger partial charge < -0.3 is 15.0 Å². The highest BCUT2D eigenvalue weighted by atomic mass is 35.5. The van der Waals surface area contributed by atoms with Crippen LogP contribution in [0.1, 0.15) is 32.3 Å². The molecule has 0 unspecified atom stereocenters. The van der Waals surface area contributed by atoms with E-state index in [1.54, 1.807) is 37.3 Å². The minimum atomic E-state index is -0.703. The lowest BCUT2D eigenvalue weighted by atomic mass is 10.1. The lowest BCUT2D eigenvalue weighted by molar-refractivity contribution is -0.142. The molecule has 5 nitrogen and oxygen atoms in total. The van der Waals surface area contributed by atoms with Crippen molar-refractivity contribution in [3.8, 4) is 5.75 Å². The molecule has 156 valence electrons. The van der Waals surface area contributed by atoms with Crippen molar-refractivity contribution in [1.29, 1.82) is 0 Å². The van der Waals surface area contributed by atoms with Gasteiger partial charge in [-0.2, -0.15) is 0 Å². The maximum Gasteiger partial charge on any atom is 0.261 e. The molecule has 0 aliphatic rings. The molecule has 0 aromatic heterocycles. The second kappa shape index (κ2) is 11.7. The van der Waals surface area contributed by atoms with Gasteiger partial charge in [0.05, 0.1) is 0 Å². The van der Waals surface area contributed by atoms with Crippen molar-refractivity contribution in [1.82, 2.24) is 10.2 Å². The molecule has 0 radical (unpaired) electrons. The zero-order valence-corrected chi connectivity index (χ0v) is 18.2. The number of nitrogens with one attached hydrogen (secondary N) is 1. The van der Waals surface area contributed by atoms with E-state index in [1.165, 1.54) is 4.90 Å². The van der Waals surface area contributed by atoms with E-state index >= 15 is 0 Å². The first kappa shape index (κ1) is 23.0. The molecule has 0 bridgehead atoms. The fourth-order valence-electron chi connectivity index (χ4n) is 2.72. The lowest BCUT2D eigenvalue weighted by Crippen LogP contribution is -2.49. The quantitative estimate of drug-likeness (QED) is 0.548. The first-order chi connectivity index (χ1) is 13.9. The van der Waals surface area contributed by atoms with E-state index in [4.69, 9.17) is 27.9 Å². The van der Waals surface area contributed by atoms with Gasteiger partial charge in [0.25, 0.3) is 5.91 Å². The number of benzene rings is 2. The Bertz CT molecular complexity index is 795. The van der Waals surface area contributed by atoms with Crippen LogP contribution < -0.4 is 10.1 Å². The first-order valence-electron chi connectivity index (χ1n) is 9.62. The zero-order valence-electron chi connectivity index (χ0n) is 16.7. The zero-order chi connectivity index (χ0) is 21.2. The molecule has 0 aliphatic heterocycles. The maximum absolute atomic E-state index is 13.0. The summed E-state index contributed by atoms with van der Waals surface area (Å²) < 4.78 is 5.59. The molecule has 0 saturated carbocycles. The molecule has 0 saturated heterocycles. The largest absolute Gasteiger partial charge is 0.484 e. The molecule has 0 heterocycles. The van der Waals surface area contributed by atoms with Crippen LogP contribution in [0.25, 0.3) is 0 Å². The molecular formula is C22H26Cl2N2O3. The number of rotatable bonds is 10. The van der Waals surface area contributed by atoms with Gasteiger partial charge in [-0.05, 0) is 37.6 Å². The van der Waals surface area contributed by atoms with Crippen molar-refractivity contribution in [2.75, 3.05) is 13.2 Å². The summed E-state index contributed by atoms with van der Waals surface area (Å²) in [5.74, 6) is 0.0225. The number of unbranched alkanes of at least 4 members (excludes halogenated alkanes) is 1. The summed E-state index contributed by atoms with van der Waals surface area (Å²) in [4.78, 5) is 27.0. The van der Waals surface area contributed by atoms with Gasteiger partial charge >= 0.3 is 0 Å². The number of hydrogen-bond acceptors (Lipinski definition) is 3. The van der Waals surface area contributed by atoms with Crippen LogP contribution in [-0.2, 0) is 16.1 Å². The van der Waals surface area contributed by atoms with Crippen LogP contribution in [0.3, 0.4) is 0 Å². The number of para-hydroxylation sites is 1. The summed E-state index contributed by atoms with van der Waals surface area (Å²) in [7, 11) is 0. The summed E-state index contributed by atoms with van der Waals surface area (Å²) in [6.07, 6.45) is 1.84. The monoisotopic (exact) mass is 436 g/mol. The molecule has 2 rings (SSSR count). The highest BCUT2D eigenvalue weighted by Gasteiger charge is 2.27. The van der Waals surface area contributed by atoms with Crippen LogP contribution in [0.5, 0.6) is 5.75 Å². The standard InChI is InChI=1S/C22H26Cl2N2O3/c1-3-4-13-25-22(28)16(2)26(14-18-19(23)11-8-12-20(18)24)21(27)15-29-17-9-6-5-7-10-17/h5-12,16H,3-4,13-15H2,1-2H3,(H,25,28)/t16-/m0/s1. The van der Waals surface area contributed by atoms with Crippen LogP contribution in [0.15, 0.2) is 48.5 Å². The maximum atomic E-state index is 13.0. The van der Waals surface area contributed by atoms with Crippen molar-refractivity contribution in [2.45, 2.75) is 39.3 Å². The van der Waals surface area contributed by atoms with E-state index in [0.717, 1.165) is 12.8 Å². The van der Waals surface area contributed by atoms with E-state index in [0.29, 0.717) is 27.9 Å². The second-order valence-corrected chi connectivity index (χ2v) is 7.46. The van der Waals surface area contributed by atoms with Crippen LogP contribution >= 0.6 is 23.2 Å². The van der Waals surface area contributed by atoms with Gasteiger partial charge in [-0.25, -0.2) is 0 Å². The number of ether oxygens (including phenoxy) is 1. The highest BCUT2D eigenvalue weighted by Crippen LogP contribution is 2.26. The predicted molar refractivity (Wildman–Crippen MR) is 116 cm³/mol. The number of hydrogen-bond donors (Lipinski definition) is 1. The molecule has 0 spiro atoms. The average Bonchev–Trinajstić information content (AvgIpc) is 2.72. The van der Waals surface area contributed by atoms with E-state index in [2.05, 4.69) is 5.32 Å². The van der Waals surface area contributed by atoms with Gasteiger partial charge in [0.1, 0.15) is 11.8 Å². The summed E-state index contributed by atoms with van der Waals surface area (Å²) in [6, 6.07) is 13.5. The molecular weight excluding hydrogens is 411 g/mol. The summed E-state index contributed by atoms with van der Waals surface area (Å²) in [6.45, 7) is 4.21. The fourth-order valence-corrected chi connectivity index (χ4v) is 3.23. The number of halogens is 2. The Labute approximate surface area is 181 Å². The molecule has 7 heteroatoms. The van der Waals surface area contributed by atoms with Gasteiger partial charge in [-0.15, -0.1) is 0 Å². The third kappa shape index (κ3) is 6.94. The Balaban J connectivity index is 2.17. The Morgan fingerprint density at radius 1 is 1.07 bits per heavy atom. The minimum Gasteiger partial charge on any atom is -0.484 e. The van der Waals surface area contributed by atoms with Crippen molar-refractivity contribution in [3.05, 3.63) is 64.1 Å². The van der Waals surface area contributed by atoms with Gasteiger partial charge in [0.2, 0.25) is 5.91 Å². The highest BCUT2D eigenvalue weighted by molar-refractivity contribution is 6.36. The van der Waals surface area contributed by atoms with E-state index < -0.39 is 6.04 Å². The first-order valence-corrected chi connectivity index (χ1v) is 10.4. The number of carbonyl (C=O) groups excluding carboxylic acids is 2. The predicted octanol–water partition coefficient (Wildman–Crippen LogP) is 4.71. The van der Waals surface area contributed by atoms with Crippen molar-refractivity contribution in [2.24, 2.45) is 0 Å². The normalized spacial score (nSPS) is 11.6. The van der Waals surface area contributed by atoms with Gasteiger partial charge in [-0.3, -0.25) is 9.59 Å². The third-order valence-corrected chi connectivity index (χ3v) is 5.20. The Kier molecular flexibility index (Phi) is 9.29.